The van der Waals surface area contributed by atoms with E-state index < -0.39 is 0 Å². The van der Waals surface area contributed by atoms with E-state index in [9.17, 15) is 9.59 Å². The van der Waals surface area contributed by atoms with Crippen molar-refractivity contribution < 1.29 is 4.79 Å². The summed E-state index contributed by atoms with van der Waals surface area (Å²) in [5.74, 6) is -0.193. The first-order chi connectivity index (χ1) is 9.43. The second-order valence-corrected chi connectivity index (χ2v) is 4.96. The largest absolute Gasteiger partial charge is 0.352 e. The smallest absolute Gasteiger partial charge is 0.279 e. The number of aromatic nitrogens is 4. The fourth-order valence-corrected chi connectivity index (χ4v) is 2.05. The fourth-order valence-electron chi connectivity index (χ4n) is 2.05. The Balaban J connectivity index is 2.32. The Morgan fingerprint density at radius 3 is 2.85 bits per heavy atom. The molecule has 0 aromatic carbocycles. The van der Waals surface area contributed by atoms with Crippen molar-refractivity contribution in [1.29, 1.82) is 0 Å². The molecule has 0 bridgehead atoms. The van der Waals surface area contributed by atoms with Crippen LogP contribution in [0.25, 0.3) is 11.0 Å². The molecule has 0 aliphatic rings. The van der Waals surface area contributed by atoms with Crippen LogP contribution in [-0.2, 0) is 18.4 Å². The highest BCUT2D eigenvalue weighted by Gasteiger charge is 2.14. The van der Waals surface area contributed by atoms with Crippen molar-refractivity contribution in [2.75, 3.05) is 0 Å². The normalized spacial score (nSPS) is 12.6. The Morgan fingerprint density at radius 2 is 2.20 bits per heavy atom. The quantitative estimate of drug-likeness (QED) is 0.874. The number of rotatable bonds is 4. The lowest BCUT2D eigenvalue weighted by atomic mass is 10.2. The van der Waals surface area contributed by atoms with E-state index in [-0.39, 0.29) is 24.1 Å². The summed E-state index contributed by atoms with van der Waals surface area (Å²) in [5.41, 5.74) is 1.45. The number of carbonyl (C=O) groups is 1. The standard InChI is InChI=1S/C13H19N5O2/c1-5-8(2)15-10(19)6-18-7-14-11-9(3)16-17(4)12(11)13(18)20/h7-8H,5-6H2,1-4H3,(H,15,19). The molecule has 7 nitrogen and oxygen atoms in total. The van der Waals surface area contributed by atoms with Gasteiger partial charge < -0.3 is 5.32 Å². The molecule has 0 saturated heterocycles. The molecule has 0 spiro atoms. The first-order valence-electron chi connectivity index (χ1n) is 6.62. The maximum Gasteiger partial charge on any atom is 0.279 e. The van der Waals surface area contributed by atoms with Gasteiger partial charge in [-0.05, 0) is 20.3 Å². The number of nitrogens with zero attached hydrogens (tertiary/aromatic N) is 4. The van der Waals surface area contributed by atoms with Crippen LogP contribution in [0.5, 0.6) is 0 Å². The number of amides is 1. The maximum absolute atomic E-state index is 12.3. The van der Waals surface area contributed by atoms with Crippen molar-refractivity contribution >= 4 is 16.9 Å². The van der Waals surface area contributed by atoms with Crippen molar-refractivity contribution in [3.05, 3.63) is 22.4 Å². The van der Waals surface area contributed by atoms with E-state index in [1.54, 1.807) is 14.0 Å². The zero-order valence-electron chi connectivity index (χ0n) is 12.2. The van der Waals surface area contributed by atoms with Gasteiger partial charge >= 0.3 is 0 Å². The number of hydrogen-bond donors (Lipinski definition) is 1. The van der Waals surface area contributed by atoms with E-state index in [0.29, 0.717) is 16.7 Å². The maximum atomic E-state index is 12.3. The Bertz CT molecular complexity index is 701. The molecule has 108 valence electrons. The van der Waals surface area contributed by atoms with Crippen LogP contribution in [-0.4, -0.2) is 31.3 Å². The number of nitrogens with one attached hydrogen (secondary N) is 1. The Kier molecular flexibility index (Phi) is 3.87. The average molecular weight is 277 g/mol. The molecule has 1 amide bonds. The molecule has 0 saturated carbocycles. The minimum atomic E-state index is -0.252. The molecule has 1 N–H and O–H groups in total. The highest BCUT2D eigenvalue weighted by atomic mass is 16.2. The van der Waals surface area contributed by atoms with Gasteiger partial charge in [0, 0.05) is 13.1 Å². The molecule has 1 unspecified atom stereocenters. The monoisotopic (exact) mass is 277 g/mol. The predicted octanol–water partition coefficient (Wildman–Crippen LogP) is 0.353. The van der Waals surface area contributed by atoms with E-state index in [2.05, 4.69) is 15.4 Å². The van der Waals surface area contributed by atoms with Crippen LogP contribution in [0.1, 0.15) is 26.0 Å². The van der Waals surface area contributed by atoms with Gasteiger partial charge in [-0.25, -0.2) is 4.98 Å². The highest BCUT2D eigenvalue weighted by molar-refractivity contribution is 5.78. The molecule has 0 radical (unpaired) electrons. The van der Waals surface area contributed by atoms with Crippen molar-refractivity contribution in [1.82, 2.24) is 24.6 Å². The molecule has 0 aliphatic heterocycles. The predicted molar refractivity (Wildman–Crippen MR) is 75.4 cm³/mol. The summed E-state index contributed by atoms with van der Waals surface area (Å²) in [7, 11) is 1.70. The molecular formula is C13H19N5O2. The third kappa shape index (κ3) is 2.56. The van der Waals surface area contributed by atoms with Gasteiger partial charge in [-0.3, -0.25) is 18.8 Å². The van der Waals surface area contributed by atoms with E-state index in [1.165, 1.54) is 15.6 Å². The summed E-state index contributed by atoms with van der Waals surface area (Å²) in [6.07, 6.45) is 2.24. The summed E-state index contributed by atoms with van der Waals surface area (Å²) in [4.78, 5) is 28.4. The third-order valence-electron chi connectivity index (χ3n) is 3.31. The lowest BCUT2D eigenvalue weighted by Crippen LogP contribution is -2.37. The van der Waals surface area contributed by atoms with Crippen LogP contribution in [0, 0.1) is 6.92 Å². The molecule has 7 heteroatoms. The van der Waals surface area contributed by atoms with E-state index in [1.807, 2.05) is 13.8 Å². The van der Waals surface area contributed by atoms with E-state index >= 15 is 0 Å². The van der Waals surface area contributed by atoms with Gasteiger partial charge in [-0.1, -0.05) is 6.92 Å². The number of hydrogen-bond acceptors (Lipinski definition) is 4. The number of carbonyl (C=O) groups excluding carboxylic acids is 1. The van der Waals surface area contributed by atoms with Gasteiger partial charge in [0.15, 0.2) is 5.52 Å². The Hall–Kier alpha value is -2.18. The van der Waals surface area contributed by atoms with Crippen LogP contribution >= 0.6 is 0 Å². The van der Waals surface area contributed by atoms with Crippen LogP contribution < -0.4 is 10.9 Å². The van der Waals surface area contributed by atoms with Crippen molar-refractivity contribution in [2.24, 2.45) is 7.05 Å². The summed E-state index contributed by atoms with van der Waals surface area (Å²) in [6, 6.07) is 0.0915. The molecule has 2 rings (SSSR count). The molecule has 20 heavy (non-hydrogen) atoms. The fraction of sp³-hybridized carbons (Fsp3) is 0.538. The topological polar surface area (TPSA) is 81.8 Å². The molecule has 1 atom stereocenters. The molecule has 2 heterocycles. The van der Waals surface area contributed by atoms with Crippen LogP contribution in [0.15, 0.2) is 11.1 Å². The second kappa shape index (κ2) is 5.44. The van der Waals surface area contributed by atoms with Crippen LogP contribution in [0.3, 0.4) is 0 Å². The van der Waals surface area contributed by atoms with Crippen LogP contribution in [0.4, 0.5) is 0 Å². The van der Waals surface area contributed by atoms with Gasteiger partial charge in [0.05, 0.1) is 12.0 Å². The van der Waals surface area contributed by atoms with Gasteiger partial charge in [0.25, 0.3) is 5.56 Å². The first kappa shape index (κ1) is 14.2. The average Bonchev–Trinajstić information content (AvgIpc) is 2.68. The summed E-state index contributed by atoms with van der Waals surface area (Å²) in [6.45, 7) is 5.68. The minimum absolute atomic E-state index is 0.0314. The highest BCUT2D eigenvalue weighted by Crippen LogP contribution is 2.09. The lowest BCUT2D eigenvalue weighted by Gasteiger charge is -2.12. The van der Waals surface area contributed by atoms with Crippen LogP contribution in [0.2, 0.25) is 0 Å². The molecule has 0 aliphatic carbocycles. The molecule has 2 aromatic rings. The van der Waals surface area contributed by atoms with E-state index in [4.69, 9.17) is 0 Å². The van der Waals surface area contributed by atoms with Gasteiger partial charge in [-0.15, -0.1) is 0 Å². The lowest BCUT2D eigenvalue weighted by molar-refractivity contribution is -0.122. The number of fused-ring (bicyclic) bond motifs is 1. The second-order valence-electron chi connectivity index (χ2n) is 4.96. The van der Waals surface area contributed by atoms with Crippen molar-refractivity contribution in [3.63, 3.8) is 0 Å². The first-order valence-corrected chi connectivity index (χ1v) is 6.62. The Labute approximate surface area is 116 Å². The summed E-state index contributed by atoms with van der Waals surface area (Å²) < 4.78 is 2.81. The number of aryl methyl sites for hydroxylation is 2. The minimum Gasteiger partial charge on any atom is -0.352 e. The molecular weight excluding hydrogens is 258 g/mol. The molecule has 2 aromatic heterocycles. The van der Waals surface area contributed by atoms with Crippen molar-refractivity contribution in [3.8, 4) is 0 Å². The zero-order chi connectivity index (χ0) is 14.9. The Morgan fingerprint density at radius 1 is 1.50 bits per heavy atom. The van der Waals surface area contributed by atoms with Gasteiger partial charge in [0.2, 0.25) is 5.91 Å². The van der Waals surface area contributed by atoms with Crippen molar-refractivity contribution in [2.45, 2.75) is 39.8 Å². The summed E-state index contributed by atoms with van der Waals surface area (Å²) in [5, 5.41) is 7.00. The third-order valence-corrected chi connectivity index (χ3v) is 3.31. The zero-order valence-corrected chi connectivity index (χ0v) is 12.2. The van der Waals surface area contributed by atoms with Gasteiger partial charge in [0.1, 0.15) is 12.1 Å². The summed E-state index contributed by atoms with van der Waals surface area (Å²) >= 11 is 0. The van der Waals surface area contributed by atoms with E-state index in [0.717, 1.165) is 6.42 Å². The molecule has 0 fully saturated rings. The SMILES string of the molecule is CCC(C)NC(=O)Cn1cnc2c(C)nn(C)c2c1=O. The van der Waals surface area contributed by atoms with Gasteiger partial charge in [-0.2, -0.15) is 5.10 Å².